The number of nitrogens with one attached hydrogen (secondary N) is 2. The highest BCUT2D eigenvalue weighted by Crippen LogP contribution is 1.83. The van der Waals surface area contributed by atoms with Crippen molar-refractivity contribution in [3.05, 3.63) is 12.7 Å². The van der Waals surface area contributed by atoms with Crippen LogP contribution in [-0.4, -0.2) is 35.4 Å². The van der Waals surface area contributed by atoms with Crippen LogP contribution in [0.3, 0.4) is 0 Å². The molecule has 0 aromatic rings. The average Bonchev–Trinajstić information content (AvgIpc) is 2.01. The van der Waals surface area contributed by atoms with Crippen LogP contribution >= 0.6 is 0 Å². The Balaban J connectivity index is 3.95. The van der Waals surface area contributed by atoms with Crippen LogP contribution in [-0.2, 0) is 26.1 Å². The van der Waals surface area contributed by atoms with E-state index in [2.05, 4.69) is 11.9 Å². The van der Waals surface area contributed by atoms with Gasteiger partial charge in [0.15, 0.2) is 0 Å². The summed E-state index contributed by atoms with van der Waals surface area (Å²) in [6.45, 7) is 2.97. The fourth-order valence-electron chi connectivity index (χ4n) is 0.526. The number of carbonyl (C=O) groups is 1. The summed E-state index contributed by atoms with van der Waals surface area (Å²) in [6.07, 6.45) is 0.978. The standard InChI is InChI=1S/C5H10N2O5S2/c1-2-5(8)6-3-4-14(11,12)7-13(9)10/h2,7H,1,3-4H2,(H,6,8)(H,9,10)/p-1. The molecule has 0 aromatic carbocycles. The second kappa shape index (κ2) is 5.86. The van der Waals surface area contributed by atoms with E-state index in [-0.39, 0.29) is 6.54 Å². The number of hydrogen-bond donors (Lipinski definition) is 2. The molecule has 0 aliphatic heterocycles. The minimum atomic E-state index is -3.90. The topological polar surface area (TPSA) is 115 Å². The van der Waals surface area contributed by atoms with Crippen molar-refractivity contribution in [1.29, 1.82) is 0 Å². The van der Waals surface area contributed by atoms with Gasteiger partial charge in [0.1, 0.15) is 0 Å². The number of carbonyl (C=O) groups excluding carboxylic acids is 1. The first-order valence-corrected chi connectivity index (χ1v) is 6.10. The second-order valence-electron chi connectivity index (χ2n) is 2.13. The highest BCUT2D eigenvalue weighted by molar-refractivity contribution is 7.99. The monoisotopic (exact) mass is 241 g/mol. The molecular formula is C5H9N2O5S2-. The maximum Gasteiger partial charge on any atom is 0.243 e. The molecule has 1 amide bonds. The van der Waals surface area contributed by atoms with Gasteiger partial charge in [-0.15, -0.1) is 4.13 Å². The molecule has 0 radical (unpaired) electrons. The van der Waals surface area contributed by atoms with Crippen molar-refractivity contribution in [2.75, 3.05) is 12.3 Å². The van der Waals surface area contributed by atoms with E-state index in [4.69, 9.17) is 0 Å². The molecule has 14 heavy (non-hydrogen) atoms. The summed E-state index contributed by atoms with van der Waals surface area (Å²) < 4.78 is 42.9. The first kappa shape index (κ1) is 13.2. The van der Waals surface area contributed by atoms with Gasteiger partial charge in [0, 0.05) is 17.8 Å². The van der Waals surface area contributed by atoms with Crippen LogP contribution in [0.15, 0.2) is 12.7 Å². The first-order chi connectivity index (χ1) is 6.37. The van der Waals surface area contributed by atoms with Gasteiger partial charge in [-0.2, -0.15) is 0 Å². The molecule has 0 spiro atoms. The van der Waals surface area contributed by atoms with Crippen LogP contribution in [0.25, 0.3) is 0 Å². The Morgan fingerprint density at radius 1 is 1.57 bits per heavy atom. The Morgan fingerprint density at radius 3 is 2.57 bits per heavy atom. The molecule has 0 heterocycles. The third kappa shape index (κ3) is 6.71. The molecule has 1 atom stereocenters. The number of amides is 1. The van der Waals surface area contributed by atoms with E-state index in [9.17, 15) is 22.0 Å². The highest BCUT2D eigenvalue weighted by atomic mass is 32.3. The Bertz CT molecular complexity index is 336. The molecule has 9 heteroatoms. The number of sulfonamides is 1. The molecule has 0 aromatic heterocycles. The third-order valence-corrected chi connectivity index (χ3v) is 3.35. The third-order valence-electron chi connectivity index (χ3n) is 1.05. The van der Waals surface area contributed by atoms with Gasteiger partial charge >= 0.3 is 0 Å². The lowest BCUT2D eigenvalue weighted by atomic mass is 10.6. The smallest absolute Gasteiger partial charge is 0.243 e. The molecule has 0 aliphatic rings. The van der Waals surface area contributed by atoms with Crippen LogP contribution < -0.4 is 9.44 Å². The van der Waals surface area contributed by atoms with E-state index in [0.717, 1.165) is 6.08 Å². The zero-order chi connectivity index (χ0) is 11.2. The summed E-state index contributed by atoms with van der Waals surface area (Å²) >= 11 is -2.87. The summed E-state index contributed by atoms with van der Waals surface area (Å²) in [5, 5.41) is 2.18. The maximum absolute atomic E-state index is 10.8. The largest absolute Gasteiger partial charge is 0.759 e. The van der Waals surface area contributed by atoms with E-state index in [1.54, 1.807) is 0 Å². The molecule has 0 fully saturated rings. The van der Waals surface area contributed by atoms with Gasteiger partial charge in [-0.05, 0) is 6.08 Å². The quantitative estimate of drug-likeness (QED) is 0.412. The van der Waals surface area contributed by atoms with Gasteiger partial charge in [0.25, 0.3) is 0 Å². The fourth-order valence-corrected chi connectivity index (χ4v) is 2.06. The van der Waals surface area contributed by atoms with Crippen molar-refractivity contribution in [2.24, 2.45) is 0 Å². The van der Waals surface area contributed by atoms with Crippen LogP contribution in [0.2, 0.25) is 0 Å². The summed E-state index contributed by atoms with van der Waals surface area (Å²) in [5.41, 5.74) is 0. The molecule has 0 bridgehead atoms. The lowest BCUT2D eigenvalue weighted by Crippen LogP contribution is -2.34. The average molecular weight is 241 g/mol. The van der Waals surface area contributed by atoms with Gasteiger partial charge in [0.05, 0.1) is 5.75 Å². The van der Waals surface area contributed by atoms with Crippen molar-refractivity contribution in [3.63, 3.8) is 0 Å². The van der Waals surface area contributed by atoms with Crippen LogP contribution in [0.4, 0.5) is 0 Å². The molecule has 0 aliphatic carbocycles. The Kier molecular flexibility index (Phi) is 5.53. The maximum atomic E-state index is 10.8. The van der Waals surface area contributed by atoms with Crippen LogP contribution in [0, 0.1) is 0 Å². The molecular weight excluding hydrogens is 232 g/mol. The first-order valence-electron chi connectivity index (χ1n) is 3.37. The fraction of sp³-hybridized carbons (Fsp3) is 0.400. The highest BCUT2D eigenvalue weighted by Gasteiger charge is 2.09. The van der Waals surface area contributed by atoms with E-state index >= 15 is 0 Å². The van der Waals surface area contributed by atoms with Gasteiger partial charge in [-0.25, -0.2) is 8.42 Å². The second-order valence-corrected chi connectivity index (χ2v) is 4.91. The lowest BCUT2D eigenvalue weighted by Gasteiger charge is -2.08. The lowest BCUT2D eigenvalue weighted by molar-refractivity contribution is -0.116. The van der Waals surface area contributed by atoms with Crippen molar-refractivity contribution < 1.29 is 22.0 Å². The van der Waals surface area contributed by atoms with Crippen LogP contribution in [0.5, 0.6) is 0 Å². The van der Waals surface area contributed by atoms with E-state index in [0.29, 0.717) is 0 Å². The van der Waals surface area contributed by atoms with Gasteiger partial charge in [-0.3, -0.25) is 9.00 Å². The molecule has 7 nitrogen and oxygen atoms in total. The van der Waals surface area contributed by atoms with Gasteiger partial charge in [0.2, 0.25) is 15.9 Å². The van der Waals surface area contributed by atoms with Crippen LogP contribution in [0.1, 0.15) is 0 Å². The van der Waals surface area contributed by atoms with Crippen molar-refractivity contribution in [2.45, 2.75) is 0 Å². The van der Waals surface area contributed by atoms with Crippen molar-refractivity contribution >= 4 is 27.2 Å². The van der Waals surface area contributed by atoms with E-state index in [1.807, 2.05) is 0 Å². The Labute approximate surface area is 84.0 Å². The molecule has 0 rings (SSSR count). The predicted octanol–water partition coefficient (Wildman–Crippen LogP) is -2.00. The van der Waals surface area contributed by atoms with Crippen molar-refractivity contribution in [3.8, 4) is 0 Å². The molecule has 1 unspecified atom stereocenters. The van der Waals surface area contributed by atoms with Crippen molar-refractivity contribution in [1.82, 2.24) is 9.44 Å². The van der Waals surface area contributed by atoms with E-state index in [1.165, 1.54) is 4.13 Å². The number of hydrogen-bond acceptors (Lipinski definition) is 5. The summed E-state index contributed by atoms with van der Waals surface area (Å²) in [7, 11) is -3.90. The summed E-state index contributed by atoms with van der Waals surface area (Å²) in [4.78, 5) is 10.6. The zero-order valence-corrected chi connectivity index (χ0v) is 8.69. The molecule has 2 N–H and O–H groups in total. The van der Waals surface area contributed by atoms with Gasteiger partial charge in [-0.1, -0.05) is 6.58 Å². The molecule has 82 valence electrons. The zero-order valence-electron chi connectivity index (χ0n) is 7.06. The number of rotatable bonds is 6. The molecule has 0 saturated carbocycles. The predicted molar refractivity (Wildman–Crippen MR) is 49.0 cm³/mol. The Hall–Kier alpha value is -0.770. The Morgan fingerprint density at radius 2 is 2.14 bits per heavy atom. The van der Waals surface area contributed by atoms with E-state index < -0.39 is 32.9 Å². The van der Waals surface area contributed by atoms with Gasteiger partial charge < -0.3 is 9.87 Å². The SMILES string of the molecule is C=CC(=O)NCCS(=O)(=O)NS(=O)[O-]. The summed E-state index contributed by atoms with van der Waals surface area (Å²) in [5.74, 6) is -1.04. The molecule has 0 saturated heterocycles. The normalized spacial score (nSPS) is 13.2. The summed E-state index contributed by atoms with van der Waals surface area (Å²) in [6, 6.07) is 0. The minimum Gasteiger partial charge on any atom is -0.759 e. The minimum absolute atomic E-state index is 0.183.